The summed E-state index contributed by atoms with van der Waals surface area (Å²) in [6, 6.07) is 0.335. The van der Waals surface area contributed by atoms with Crippen molar-refractivity contribution >= 4 is 23.4 Å². The third-order valence-corrected chi connectivity index (χ3v) is 3.42. The third-order valence-electron chi connectivity index (χ3n) is 3.14. The summed E-state index contributed by atoms with van der Waals surface area (Å²) >= 11 is 6.11. The van der Waals surface area contributed by atoms with Crippen LogP contribution in [-0.4, -0.2) is 22.6 Å². The Morgan fingerprint density at radius 1 is 1.33 bits per heavy atom. The van der Waals surface area contributed by atoms with Crippen molar-refractivity contribution in [2.45, 2.75) is 46.6 Å². The van der Waals surface area contributed by atoms with Gasteiger partial charge in [-0.15, -0.1) is 0 Å². The minimum atomic E-state index is 0.335. The fourth-order valence-corrected chi connectivity index (χ4v) is 1.65. The molecule has 0 aromatic carbocycles. The van der Waals surface area contributed by atoms with Gasteiger partial charge in [0.2, 0.25) is 5.95 Å². The van der Waals surface area contributed by atoms with E-state index in [4.69, 9.17) is 11.6 Å². The summed E-state index contributed by atoms with van der Waals surface area (Å²) in [6.45, 7) is 9.50. The number of halogens is 1. The summed E-state index contributed by atoms with van der Waals surface area (Å²) < 4.78 is 0. The normalized spacial score (nSPS) is 14.1. The molecule has 2 atom stereocenters. The molecule has 102 valence electrons. The molecule has 1 rings (SSSR count). The number of rotatable bonds is 7. The van der Waals surface area contributed by atoms with Crippen molar-refractivity contribution in [2.24, 2.45) is 5.92 Å². The third kappa shape index (κ3) is 4.33. The fourth-order valence-electron chi connectivity index (χ4n) is 1.50. The molecule has 0 aliphatic rings. The Labute approximate surface area is 115 Å². The van der Waals surface area contributed by atoms with Crippen molar-refractivity contribution in [3.8, 4) is 0 Å². The molecule has 0 amide bonds. The molecule has 0 radical (unpaired) electrons. The van der Waals surface area contributed by atoms with Gasteiger partial charge in [-0.3, -0.25) is 0 Å². The second-order valence-corrected chi connectivity index (χ2v) is 5.04. The summed E-state index contributed by atoms with van der Waals surface area (Å²) in [5.41, 5.74) is 0. The second kappa shape index (κ2) is 7.41. The Hall–Kier alpha value is -1.03. The van der Waals surface area contributed by atoms with E-state index in [0.29, 0.717) is 28.7 Å². The minimum Gasteiger partial charge on any atom is -0.366 e. The van der Waals surface area contributed by atoms with Crippen molar-refractivity contribution in [1.29, 1.82) is 0 Å². The highest BCUT2D eigenvalue weighted by Crippen LogP contribution is 2.22. The predicted octanol–water partition coefficient (Wildman–Crippen LogP) is 3.80. The Morgan fingerprint density at radius 2 is 2.06 bits per heavy atom. The van der Waals surface area contributed by atoms with Crippen LogP contribution in [0.3, 0.4) is 0 Å². The number of hydrogen-bond donors (Lipinski definition) is 2. The molecular weight excluding hydrogens is 248 g/mol. The average Bonchev–Trinajstić information content (AvgIpc) is 2.38. The smallest absolute Gasteiger partial charge is 0.224 e. The first kappa shape index (κ1) is 15.0. The maximum absolute atomic E-state index is 6.11. The van der Waals surface area contributed by atoms with Gasteiger partial charge in [0.1, 0.15) is 5.02 Å². The molecule has 1 heterocycles. The first-order valence-electron chi connectivity index (χ1n) is 6.61. The van der Waals surface area contributed by atoms with Crippen molar-refractivity contribution in [2.75, 3.05) is 17.2 Å². The lowest BCUT2D eigenvalue weighted by Crippen LogP contribution is -2.24. The molecule has 4 nitrogen and oxygen atoms in total. The highest BCUT2D eigenvalue weighted by Gasteiger charge is 2.13. The first-order valence-corrected chi connectivity index (χ1v) is 6.99. The summed E-state index contributed by atoms with van der Waals surface area (Å²) in [5, 5.41) is 7.07. The Balaban J connectivity index is 2.74. The molecule has 0 saturated carbocycles. The van der Waals surface area contributed by atoms with Gasteiger partial charge in [-0.25, -0.2) is 4.98 Å². The predicted molar refractivity (Wildman–Crippen MR) is 78.4 cm³/mol. The van der Waals surface area contributed by atoms with E-state index < -0.39 is 0 Å². The zero-order valence-corrected chi connectivity index (χ0v) is 12.4. The molecule has 0 fully saturated rings. The summed E-state index contributed by atoms with van der Waals surface area (Å²) in [5.74, 6) is 1.90. The highest BCUT2D eigenvalue weighted by molar-refractivity contribution is 6.32. The van der Waals surface area contributed by atoms with E-state index in [1.54, 1.807) is 6.20 Å². The monoisotopic (exact) mass is 270 g/mol. The van der Waals surface area contributed by atoms with E-state index >= 15 is 0 Å². The van der Waals surface area contributed by atoms with Crippen LogP contribution in [0.15, 0.2) is 6.20 Å². The van der Waals surface area contributed by atoms with Crippen molar-refractivity contribution < 1.29 is 0 Å². The van der Waals surface area contributed by atoms with Gasteiger partial charge in [0.15, 0.2) is 5.82 Å². The average molecular weight is 271 g/mol. The lowest BCUT2D eigenvalue weighted by molar-refractivity contribution is 0.493. The van der Waals surface area contributed by atoms with E-state index in [2.05, 4.69) is 48.3 Å². The lowest BCUT2D eigenvalue weighted by Gasteiger charge is -2.21. The molecular formula is C13H23ClN4. The van der Waals surface area contributed by atoms with Crippen LogP contribution >= 0.6 is 11.6 Å². The molecule has 0 spiro atoms. The van der Waals surface area contributed by atoms with Crippen LogP contribution in [0.5, 0.6) is 0 Å². The van der Waals surface area contributed by atoms with Crippen LogP contribution in [0.1, 0.15) is 40.5 Å². The molecule has 1 aromatic heterocycles. The molecule has 0 bridgehead atoms. The van der Waals surface area contributed by atoms with Gasteiger partial charge in [0.05, 0.1) is 6.20 Å². The number of nitrogens with zero attached hydrogens (tertiary/aromatic N) is 2. The quantitative estimate of drug-likeness (QED) is 0.791. The van der Waals surface area contributed by atoms with E-state index in [1.807, 2.05) is 0 Å². The van der Waals surface area contributed by atoms with Crippen LogP contribution in [0, 0.1) is 5.92 Å². The molecule has 0 saturated heterocycles. The second-order valence-electron chi connectivity index (χ2n) is 4.64. The number of anilines is 2. The molecule has 2 unspecified atom stereocenters. The van der Waals surface area contributed by atoms with Gasteiger partial charge < -0.3 is 10.6 Å². The molecule has 0 aliphatic carbocycles. The van der Waals surface area contributed by atoms with Crippen LogP contribution in [0.2, 0.25) is 5.02 Å². The van der Waals surface area contributed by atoms with E-state index in [1.165, 1.54) is 0 Å². The number of nitrogens with one attached hydrogen (secondary N) is 2. The number of aromatic nitrogens is 2. The SMILES string of the molecule is CCCNc1ncc(Cl)c(NC(C)C(C)CC)n1. The fraction of sp³-hybridized carbons (Fsp3) is 0.692. The van der Waals surface area contributed by atoms with Crippen LogP contribution in [0.4, 0.5) is 11.8 Å². The molecule has 1 aromatic rings. The summed E-state index contributed by atoms with van der Waals surface area (Å²) in [6.07, 6.45) is 3.80. The zero-order valence-electron chi connectivity index (χ0n) is 11.6. The van der Waals surface area contributed by atoms with E-state index in [-0.39, 0.29) is 0 Å². The van der Waals surface area contributed by atoms with Crippen LogP contribution in [0.25, 0.3) is 0 Å². The maximum Gasteiger partial charge on any atom is 0.224 e. The Kier molecular flexibility index (Phi) is 6.19. The minimum absolute atomic E-state index is 0.335. The van der Waals surface area contributed by atoms with Crippen molar-refractivity contribution in [3.05, 3.63) is 11.2 Å². The van der Waals surface area contributed by atoms with Crippen molar-refractivity contribution in [3.63, 3.8) is 0 Å². The topological polar surface area (TPSA) is 49.8 Å². The van der Waals surface area contributed by atoms with Gasteiger partial charge in [0.25, 0.3) is 0 Å². The molecule has 0 aliphatic heterocycles. The standard InChI is InChI=1S/C13H23ClN4/c1-5-7-15-13-16-8-11(14)12(18-13)17-10(4)9(3)6-2/h8-10H,5-7H2,1-4H3,(H2,15,16,17,18). The maximum atomic E-state index is 6.11. The van der Waals surface area contributed by atoms with Gasteiger partial charge in [-0.1, -0.05) is 38.8 Å². The van der Waals surface area contributed by atoms with Crippen LogP contribution in [-0.2, 0) is 0 Å². The number of hydrogen-bond acceptors (Lipinski definition) is 4. The molecule has 5 heteroatoms. The Bertz CT molecular complexity index is 370. The van der Waals surface area contributed by atoms with Gasteiger partial charge >= 0.3 is 0 Å². The molecule has 2 N–H and O–H groups in total. The largest absolute Gasteiger partial charge is 0.366 e. The summed E-state index contributed by atoms with van der Waals surface area (Å²) in [4.78, 5) is 8.56. The molecule has 18 heavy (non-hydrogen) atoms. The van der Waals surface area contributed by atoms with E-state index in [9.17, 15) is 0 Å². The van der Waals surface area contributed by atoms with Crippen LogP contribution < -0.4 is 10.6 Å². The van der Waals surface area contributed by atoms with Gasteiger partial charge in [-0.05, 0) is 19.3 Å². The first-order chi connectivity index (χ1) is 8.58. The lowest BCUT2D eigenvalue weighted by atomic mass is 10.0. The van der Waals surface area contributed by atoms with Gasteiger partial charge in [-0.2, -0.15) is 4.98 Å². The van der Waals surface area contributed by atoms with E-state index in [0.717, 1.165) is 19.4 Å². The van der Waals surface area contributed by atoms with Crippen molar-refractivity contribution in [1.82, 2.24) is 9.97 Å². The summed E-state index contributed by atoms with van der Waals surface area (Å²) in [7, 11) is 0. The highest BCUT2D eigenvalue weighted by atomic mass is 35.5. The Morgan fingerprint density at radius 3 is 2.67 bits per heavy atom. The zero-order chi connectivity index (χ0) is 13.5. The van der Waals surface area contributed by atoms with Gasteiger partial charge in [0, 0.05) is 12.6 Å².